The smallest absolute Gasteiger partial charge is 0.306 e. The lowest BCUT2D eigenvalue weighted by Gasteiger charge is -2.60. The molecule has 226 valence electrons. The van der Waals surface area contributed by atoms with Crippen LogP contribution in [0.5, 0.6) is 0 Å². The first-order valence-corrected chi connectivity index (χ1v) is 16.2. The Bertz CT molecular complexity index is 1420. The molecule has 3 saturated carbocycles. The average Bonchev–Trinajstić information content (AvgIpc) is 3.48. The van der Waals surface area contributed by atoms with Gasteiger partial charge in [-0.1, -0.05) is 38.1 Å². The Hall–Kier alpha value is -2.49. The SMILES string of the molecule is CCC(=O)O[C@]1(C(=O)SCC(C)O)CC[C@H]2[C@@H]3CCC4=Cc5c(cnn5-c5ccc(F)cc5)C[C@]4(C)[C@H]3[C@@H](O)CC21C. The highest BCUT2D eigenvalue weighted by Gasteiger charge is 2.70. The maximum atomic E-state index is 13.9. The highest BCUT2D eigenvalue weighted by molar-refractivity contribution is 8.13. The molecule has 9 heteroatoms. The lowest BCUT2D eigenvalue weighted by molar-refractivity contribution is -0.196. The van der Waals surface area contributed by atoms with Crippen molar-refractivity contribution in [2.24, 2.45) is 28.6 Å². The van der Waals surface area contributed by atoms with E-state index >= 15 is 0 Å². The van der Waals surface area contributed by atoms with Crippen LogP contribution >= 0.6 is 11.8 Å². The Morgan fingerprint density at radius 3 is 2.67 bits per heavy atom. The standard InChI is InChI=1S/C33H41FN2O5S/c1-5-28(39)41-33(30(40)42-18-19(2)37)13-12-25-24-11-6-21-14-26-20(17-35-36(26)23-9-7-22(34)8-10-23)15-31(21,3)29(24)27(38)16-32(25,33)4/h7-10,14,17,19,24-25,27,29,37-38H,5-6,11-13,15-16,18H2,1-4H3/t19?,24-,25-,27-,29+,31-,32?,33-/m0/s1. The second kappa shape index (κ2) is 10.6. The lowest BCUT2D eigenvalue weighted by atomic mass is 9.45. The number of aliphatic hydroxyl groups excluding tert-OH is 2. The van der Waals surface area contributed by atoms with Crippen LogP contribution in [0.2, 0.25) is 0 Å². The molecule has 3 fully saturated rings. The van der Waals surface area contributed by atoms with Gasteiger partial charge in [-0.05, 0) is 105 Å². The van der Waals surface area contributed by atoms with Gasteiger partial charge in [-0.25, -0.2) is 9.07 Å². The number of rotatable bonds is 6. The highest BCUT2D eigenvalue weighted by atomic mass is 32.2. The summed E-state index contributed by atoms with van der Waals surface area (Å²) in [5.41, 5.74) is 1.93. The summed E-state index contributed by atoms with van der Waals surface area (Å²) in [7, 11) is 0. The summed E-state index contributed by atoms with van der Waals surface area (Å²) in [6.45, 7) is 7.69. The minimum absolute atomic E-state index is 0.00390. The molecule has 2 aromatic rings. The Balaban J connectivity index is 1.34. The number of carbonyl (C=O) groups is 2. The lowest BCUT2D eigenvalue weighted by Crippen LogP contribution is -2.62. The molecule has 1 aromatic carbocycles. The Morgan fingerprint density at radius 1 is 1.24 bits per heavy atom. The van der Waals surface area contributed by atoms with Crippen LogP contribution in [0.1, 0.15) is 77.5 Å². The van der Waals surface area contributed by atoms with Gasteiger partial charge in [0.05, 0.1) is 29.8 Å². The number of nitrogens with zero attached hydrogens (tertiary/aromatic N) is 2. The summed E-state index contributed by atoms with van der Waals surface area (Å²) >= 11 is 1.04. The number of fused-ring (bicyclic) bond motifs is 6. The Kier molecular flexibility index (Phi) is 7.46. The van der Waals surface area contributed by atoms with E-state index < -0.39 is 29.2 Å². The van der Waals surface area contributed by atoms with Gasteiger partial charge in [0.2, 0.25) is 5.12 Å². The number of hydrogen-bond acceptors (Lipinski definition) is 7. The molecule has 1 aromatic heterocycles. The van der Waals surface area contributed by atoms with Gasteiger partial charge < -0.3 is 14.9 Å². The average molecular weight is 597 g/mol. The van der Waals surface area contributed by atoms with Crippen LogP contribution < -0.4 is 0 Å². The van der Waals surface area contributed by atoms with Gasteiger partial charge in [-0.15, -0.1) is 0 Å². The van der Waals surface area contributed by atoms with Crippen molar-refractivity contribution in [3.63, 3.8) is 0 Å². The number of hydrogen-bond donors (Lipinski definition) is 2. The third-order valence-electron chi connectivity index (χ3n) is 11.0. The molecule has 4 aliphatic carbocycles. The molecule has 0 spiro atoms. The van der Waals surface area contributed by atoms with Gasteiger partial charge in [-0.3, -0.25) is 9.59 Å². The van der Waals surface area contributed by atoms with E-state index in [1.54, 1.807) is 26.0 Å². The topological polar surface area (TPSA) is 102 Å². The third-order valence-corrected chi connectivity index (χ3v) is 12.2. The second-order valence-electron chi connectivity index (χ2n) is 13.4. The Labute approximate surface area is 250 Å². The second-order valence-corrected chi connectivity index (χ2v) is 14.4. The summed E-state index contributed by atoms with van der Waals surface area (Å²) in [6.07, 6.45) is 7.03. The predicted molar refractivity (Wildman–Crippen MR) is 159 cm³/mol. The van der Waals surface area contributed by atoms with Crippen LogP contribution in [0.15, 0.2) is 36.0 Å². The number of aliphatic hydroxyl groups is 2. The molecule has 0 bridgehead atoms. The van der Waals surface area contributed by atoms with E-state index in [-0.39, 0.29) is 46.3 Å². The van der Waals surface area contributed by atoms with Crippen LogP contribution in [0.3, 0.4) is 0 Å². The van der Waals surface area contributed by atoms with Crippen LogP contribution in [0.25, 0.3) is 11.8 Å². The first-order chi connectivity index (χ1) is 19.9. The number of benzene rings is 1. The zero-order valence-electron chi connectivity index (χ0n) is 24.8. The predicted octanol–water partition coefficient (Wildman–Crippen LogP) is 5.50. The molecule has 2 unspecified atom stereocenters. The first kappa shape index (κ1) is 29.6. The molecular weight excluding hydrogens is 555 g/mol. The van der Waals surface area contributed by atoms with Crippen LogP contribution in [0.4, 0.5) is 4.39 Å². The van der Waals surface area contributed by atoms with E-state index in [9.17, 15) is 24.2 Å². The molecule has 2 N–H and O–H groups in total. The van der Waals surface area contributed by atoms with Crippen LogP contribution in [-0.2, 0) is 20.7 Å². The monoisotopic (exact) mass is 596 g/mol. The quantitative estimate of drug-likeness (QED) is 0.425. The van der Waals surface area contributed by atoms with Crippen molar-refractivity contribution >= 4 is 28.9 Å². The van der Waals surface area contributed by atoms with E-state index in [2.05, 4.69) is 18.1 Å². The third kappa shape index (κ3) is 4.41. The number of carbonyl (C=O) groups excluding carboxylic acids is 2. The number of ether oxygens (including phenoxy) is 1. The zero-order valence-corrected chi connectivity index (χ0v) is 25.6. The minimum Gasteiger partial charge on any atom is -0.449 e. The molecule has 1 heterocycles. The van der Waals surface area contributed by atoms with Crippen molar-refractivity contribution in [3.05, 3.63) is 53.1 Å². The van der Waals surface area contributed by atoms with Crippen molar-refractivity contribution in [1.29, 1.82) is 0 Å². The molecule has 0 aliphatic heterocycles. The number of thioether (sulfide) groups is 1. The molecule has 0 amide bonds. The molecular formula is C33H41FN2O5S. The summed E-state index contributed by atoms with van der Waals surface area (Å²) < 4.78 is 21.6. The van der Waals surface area contributed by atoms with Gasteiger partial charge in [0.15, 0.2) is 5.60 Å². The van der Waals surface area contributed by atoms with E-state index in [1.807, 2.05) is 17.8 Å². The van der Waals surface area contributed by atoms with Crippen molar-refractivity contribution in [1.82, 2.24) is 9.78 Å². The normalized spacial score (nSPS) is 35.7. The minimum atomic E-state index is -1.32. The van der Waals surface area contributed by atoms with Crippen LogP contribution in [-0.4, -0.2) is 54.6 Å². The van der Waals surface area contributed by atoms with Gasteiger partial charge in [0.25, 0.3) is 0 Å². The van der Waals surface area contributed by atoms with Crippen molar-refractivity contribution in [2.45, 2.75) is 90.4 Å². The van der Waals surface area contributed by atoms with E-state index in [4.69, 9.17) is 4.74 Å². The van der Waals surface area contributed by atoms with E-state index in [1.165, 1.54) is 17.7 Å². The fraction of sp³-hybridized carbons (Fsp3) is 0.606. The summed E-state index contributed by atoms with van der Waals surface area (Å²) in [6, 6.07) is 6.35. The molecule has 8 atom stereocenters. The van der Waals surface area contributed by atoms with Gasteiger partial charge in [-0.2, -0.15) is 5.10 Å². The largest absolute Gasteiger partial charge is 0.449 e. The summed E-state index contributed by atoms with van der Waals surface area (Å²) in [5, 5.41) is 26.4. The van der Waals surface area contributed by atoms with E-state index in [0.717, 1.165) is 54.4 Å². The first-order valence-electron chi connectivity index (χ1n) is 15.2. The van der Waals surface area contributed by atoms with Gasteiger partial charge in [0, 0.05) is 17.6 Å². The fourth-order valence-corrected chi connectivity index (χ4v) is 10.1. The summed E-state index contributed by atoms with van der Waals surface area (Å²) in [5.74, 6) is -0.167. The molecule has 42 heavy (non-hydrogen) atoms. The van der Waals surface area contributed by atoms with Crippen molar-refractivity contribution in [3.8, 4) is 5.69 Å². The van der Waals surface area contributed by atoms with Crippen molar-refractivity contribution < 1.29 is 28.9 Å². The summed E-state index contributed by atoms with van der Waals surface area (Å²) in [4.78, 5) is 26.6. The maximum Gasteiger partial charge on any atom is 0.306 e. The number of halogens is 1. The highest BCUT2D eigenvalue weighted by Crippen LogP contribution is 2.69. The van der Waals surface area contributed by atoms with Crippen LogP contribution in [0, 0.1) is 34.4 Å². The van der Waals surface area contributed by atoms with E-state index in [0.29, 0.717) is 12.8 Å². The maximum absolute atomic E-state index is 13.9. The number of esters is 1. The molecule has 7 nitrogen and oxygen atoms in total. The molecule has 0 saturated heterocycles. The van der Waals surface area contributed by atoms with Crippen molar-refractivity contribution in [2.75, 3.05) is 5.75 Å². The number of aromatic nitrogens is 2. The Morgan fingerprint density at radius 2 is 1.98 bits per heavy atom. The zero-order chi connectivity index (χ0) is 30.0. The fourth-order valence-electron chi connectivity index (χ4n) is 9.08. The van der Waals surface area contributed by atoms with Gasteiger partial charge >= 0.3 is 5.97 Å². The molecule has 4 aliphatic rings. The number of allylic oxidation sites excluding steroid dienone is 1. The molecule has 6 rings (SSSR count). The van der Waals surface area contributed by atoms with Gasteiger partial charge in [0.1, 0.15) is 5.82 Å². The molecule has 0 radical (unpaired) electrons.